The lowest BCUT2D eigenvalue weighted by Gasteiger charge is -2.34. The van der Waals surface area contributed by atoms with Gasteiger partial charge in [-0.15, -0.1) is 0 Å². The molecule has 5 heteroatoms. The van der Waals surface area contributed by atoms with Crippen molar-refractivity contribution < 1.29 is 9.53 Å². The number of hydrogen-bond donors (Lipinski definition) is 1. The standard InChI is InChI=1S/C21H27N3O2/c1-17-4-3-5-19(14-17)16-23-10-12-24(13-11-23)21(25)22-15-18-6-8-20(26-2)9-7-18/h3-9,14H,10-13,15-16H2,1-2H3,(H,22,25). The SMILES string of the molecule is COc1ccc(CNC(=O)N2CCN(Cc3cccc(C)c3)CC2)cc1. The second-order valence-electron chi connectivity index (χ2n) is 6.76. The van der Waals surface area contributed by atoms with E-state index in [0.717, 1.165) is 44.0 Å². The van der Waals surface area contributed by atoms with E-state index in [1.807, 2.05) is 29.2 Å². The summed E-state index contributed by atoms with van der Waals surface area (Å²) in [7, 11) is 1.65. The van der Waals surface area contributed by atoms with Gasteiger partial charge >= 0.3 is 6.03 Å². The minimum atomic E-state index is 0.0102. The molecule has 0 radical (unpaired) electrons. The second kappa shape index (κ2) is 8.72. The molecule has 26 heavy (non-hydrogen) atoms. The van der Waals surface area contributed by atoms with E-state index in [1.54, 1.807) is 7.11 Å². The number of urea groups is 1. The highest BCUT2D eigenvalue weighted by Crippen LogP contribution is 2.12. The first-order chi connectivity index (χ1) is 12.6. The molecule has 0 aromatic heterocycles. The van der Waals surface area contributed by atoms with Crippen molar-refractivity contribution in [1.82, 2.24) is 15.1 Å². The van der Waals surface area contributed by atoms with Gasteiger partial charge in [0.1, 0.15) is 5.75 Å². The number of ether oxygens (including phenoxy) is 1. The zero-order chi connectivity index (χ0) is 18.4. The molecular weight excluding hydrogens is 326 g/mol. The fourth-order valence-electron chi connectivity index (χ4n) is 3.21. The lowest BCUT2D eigenvalue weighted by Crippen LogP contribution is -2.51. The van der Waals surface area contributed by atoms with Crippen LogP contribution in [0.3, 0.4) is 0 Å². The maximum absolute atomic E-state index is 12.4. The number of aryl methyl sites for hydroxylation is 1. The minimum absolute atomic E-state index is 0.0102. The highest BCUT2D eigenvalue weighted by molar-refractivity contribution is 5.74. The Hall–Kier alpha value is -2.53. The van der Waals surface area contributed by atoms with E-state index in [-0.39, 0.29) is 6.03 Å². The molecule has 1 saturated heterocycles. The second-order valence-corrected chi connectivity index (χ2v) is 6.76. The maximum Gasteiger partial charge on any atom is 0.317 e. The Morgan fingerprint density at radius 1 is 1.04 bits per heavy atom. The van der Waals surface area contributed by atoms with Gasteiger partial charge in [-0.05, 0) is 30.2 Å². The number of nitrogens with zero attached hydrogens (tertiary/aromatic N) is 2. The topological polar surface area (TPSA) is 44.8 Å². The quantitative estimate of drug-likeness (QED) is 0.899. The third-order valence-corrected chi connectivity index (χ3v) is 4.75. The van der Waals surface area contributed by atoms with Crippen molar-refractivity contribution >= 4 is 6.03 Å². The number of nitrogens with one attached hydrogen (secondary N) is 1. The highest BCUT2D eigenvalue weighted by Gasteiger charge is 2.20. The fourth-order valence-corrected chi connectivity index (χ4v) is 3.21. The van der Waals surface area contributed by atoms with Crippen molar-refractivity contribution in [3.8, 4) is 5.75 Å². The molecule has 0 aliphatic carbocycles. The number of rotatable bonds is 5. The molecule has 2 amide bonds. The number of piperazine rings is 1. The van der Waals surface area contributed by atoms with Crippen LogP contribution in [0.4, 0.5) is 4.79 Å². The van der Waals surface area contributed by atoms with Gasteiger partial charge in [0.25, 0.3) is 0 Å². The number of amides is 2. The van der Waals surface area contributed by atoms with Crippen LogP contribution in [0, 0.1) is 6.92 Å². The first-order valence-electron chi connectivity index (χ1n) is 9.07. The summed E-state index contributed by atoms with van der Waals surface area (Å²) >= 11 is 0. The average molecular weight is 353 g/mol. The van der Waals surface area contributed by atoms with Crippen LogP contribution in [0.1, 0.15) is 16.7 Å². The van der Waals surface area contributed by atoms with Gasteiger partial charge in [0.2, 0.25) is 0 Å². The Labute approximate surface area is 155 Å². The molecule has 0 saturated carbocycles. The van der Waals surface area contributed by atoms with Gasteiger partial charge in [0.15, 0.2) is 0 Å². The molecule has 1 fully saturated rings. The molecule has 1 aliphatic heterocycles. The summed E-state index contributed by atoms with van der Waals surface area (Å²) < 4.78 is 5.15. The smallest absolute Gasteiger partial charge is 0.317 e. The van der Waals surface area contributed by atoms with Gasteiger partial charge in [-0.1, -0.05) is 42.0 Å². The number of benzene rings is 2. The van der Waals surface area contributed by atoms with E-state index >= 15 is 0 Å². The Kier molecular flexibility index (Phi) is 6.12. The van der Waals surface area contributed by atoms with Crippen LogP contribution < -0.4 is 10.1 Å². The Balaban J connectivity index is 1.42. The van der Waals surface area contributed by atoms with Crippen molar-refractivity contribution in [2.75, 3.05) is 33.3 Å². The van der Waals surface area contributed by atoms with E-state index in [9.17, 15) is 4.79 Å². The summed E-state index contributed by atoms with van der Waals surface area (Å²) in [5.41, 5.74) is 3.69. The number of hydrogen-bond acceptors (Lipinski definition) is 3. The third-order valence-electron chi connectivity index (χ3n) is 4.75. The lowest BCUT2D eigenvalue weighted by molar-refractivity contribution is 0.135. The average Bonchev–Trinajstić information content (AvgIpc) is 2.67. The van der Waals surface area contributed by atoms with E-state index in [2.05, 4.69) is 41.4 Å². The van der Waals surface area contributed by atoms with Crippen LogP contribution in [0.2, 0.25) is 0 Å². The molecule has 3 rings (SSSR count). The largest absolute Gasteiger partial charge is 0.497 e. The molecule has 1 N–H and O–H groups in total. The molecule has 5 nitrogen and oxygen atoms in total. The lowest BCUT2D eigenvalue weighted by atomic mass is 10.1. The molecule has 138 valence electrons. The molecule has 0 atom stereocenters. The number of carbonyl (C=O) groups is 1. The highest BCUT2D eigenvalue weighted by atomic mass is 16.5. The Bertz CT molecular complexity index is 722. The fraction of sp³-hybridized carbons (Fsp3) is 0.381. The van der Waals surface area contributed by atoms with Gasteiger partial charge in [0, 0.05) is 39.3 Å². The zero-order valence-corrected chi connectivity index (χ0v) is 15.6. The monoisotopic (exact) mass is 353 g/mol. The van der Waals surface area contributed by atoms with Gasteiger partial charge in [-0.3, -0.25) is 4.90 Å². The van der Waals surface area contributed by atoms with Crippen LogP contribution in [0.15, 0.2) is 48.5 Å². The van der Waals surface area contributed by atoms with Crippen LogP contribution in [-0.4, -0.2) is 49.1 Å². The van der Waals surface area contributed by atoms with E-state index in [1.165, 1.54) is 11.1 Å². The summed E-state index contributed by atoms with van der Waals surface area (Å²) in [6.07, 6.45) is 0. The Morgan fingerprint density at radius 2 is 1.77 bits per heavy atom. The summed E-state index contributed by atoms with van der Waals surface area (Å²) in [5, 5.41) is 3.01. The Morgan fingerprint density at radius 3 is 2.42 bits per heavy atom. The number of methoxy groups -OCH3 is 1. The van der Waals surface area contributed by atoms with Gasteiger partial charge in [-0.25, -0.2) is 4.79 Å². The van der Waals surface area contributed by atoms with E-state index < -0.39 is 0 Å². The van der Waals surface area contributed by atoms with Gasteiger partial charge in [0.05, 0.1) is 7.11 Å². The minimum Gasteiger partial charge on any atom is -0.497 e. The van der Waals surface area contributed by atoms with Gasteiger partial charge < -0.3 is 15.0 Å². The van der Waals surface area contributed by atoms with E-state index in [0.29, 0.717) is 6.54 Å². The molecule has 1 heterocycles. The van der Waals surface area contributed by atoms with Crippen molar-refractivity contribution in [2.24, 2.45) is 0 Å². The van der Waals surface area contributed by atoms with Crippen LogP contribution in [-0.2, 0) is 13.1 Å². The normalized spacial score (nSPS) is 14.9. The summed E-state index contributed by atoms with van der Waals surface area (Å²) in [6, 6.07) is 16.4. The molecular formula is C21H27N3O2. The van der Waals surface area contributed by atoms with E-state index in [4.69, 9.17) is 4.74 Å². The van der Waals surface area contributed by atoms with Crippen molar-refractivity contribution in [1.29, 1.82) is 0 Å². The molecule has 0 spiro atoms. The summed E-state index contributed by atoms with van der Waals surface area (Å²) in [5.74, 6) is 0.824. The molecule has 0 bridgehead atoms. The van der Waals surface area contributed by atoms with Crippen molar-refractivity contribution in [3.63, 3.8) is 0 Å². The van der Waals surface area contributed by atoms with Crippen molar-refractivity contribution in [2.45, 2.75) is 20.0 Å². The molecule has 0 unspecified atom stereocenters. The predicted octanol–water partition coefficient (Wildman–Crippen LogP) is 3.03. The zero-order valence-electron chi connectivity index (χ0n) is 15.6. The molecule has 2 aromatic carbocycles. The van der Waals surface area contributed by atoms with Crippen molar-refractivity contribution in [3.05, 3.63) is 65.2 Å². The molecule has 1 aliphatic rings. The molecule has 2 aromatic rings. The van der Waals surface area contributed by atoms with Crippen LogP contribution in [0.25, 0.3) is 0 Å². The third kappa shape index (κ3) is 4.99. The number of carbonyl (C=O) groups excluding carboxylic acids is 1. The summed E-state index contributed by atoms with van der Waals surface area (Å²) in [6.45, 7) is 6.94. The van der Waals surface area contributed by atoms with Crippen LogP contribution in [0.5, 0.6) is 5.75 Å². The first kappa shape index (κ1) is 18.3. The maximum atomic E-state index is 12.4. The van der Waals surface area contributed by atoms with Crippen LogP contribution >= 0.6 is 0 Å². The predicted molar refractivity (Wildman–Crippen MR) is 103 cm³/mol. The first-order valence-corrected chi connectivity index (χ1v) is 9.07. The van der Waals surface area contributed by atoms with Gasteiger partial charge in [-0.2, -0.15) is 0 Å². The summed E-state index contributed by atoms with van der Waals surface area (Å²) in [4.78, 5) is 16.7.